The molecule has 2 aromatic carbocycles. The summed E-state index contributed by atoms with van der Waals surface area (Å²) in [5.41, 5.74) is 2.36. The molecule has 0 amide bonds. The zero-order valence-corrected chi connectivity index (χ0v) is 12.8. The molecule has 0 spiro atoms. The van der Waals surface area contributed by atoms with Gasteiger partial charge in [-0.25, -0.2) is 0 Å². The van der Waals surface area contributed by atoms with Crippen LogP contribution in [-0.4, -0.2) is 10.4 Å². The summed E-state index contributed by atoms with van der Waals surface area (Å²) in [7, 11) is 2.04. The molecule has 21 heavy (non-hydrogen) atoms. The number of fused-ring (bicyclic) bond motifs is 1. The Balaban J connectivity index is 1.87. The van der Waals surface area contributed by atoms with Crippen molar-refractivity contribution in [2.75, 3.05) is 5.88 Å². The van der Waals surface area contributed by atoms with Gasteiger partial charge in [-0.15, -0.1) is 11.6 Å². The van der Waals surface area contributed by atoms with Crippen molar-refractivity contribution in [1.82, 2.24) is 4.57 Å². The summed E-state index contributed by atoms with van der Waals surface area (Å²) in [5.74, 6) is 1.46. The molecule has 108 valence electrons. The Morgan fingerprint density at radius 3 is 2.67 bits per heavy atom. The number of hydrogen-bond acceptors (Lipinski definition) is 1. The van der Waals surface area contributed by atoms with E-state index in [9.17, 15) is 0 Å². The average molecular weight is 300 g/mol. The van der Waals surface area contributed by atoms with Crippen LogP contribution in [0.15, 0.2) is 60.8 Å². The number of rotatable bonds is 5. The number of aryl methyl sites for hydroxylation is 1. The first-order valence-electron chi connectivity index (χ1n) is 7.10. The lowest BCUT2D eigenvalue weighted by Crippen LogP contribution is -2.08. The molecule has 3 heteroatoms. The molecule has 0 fully saturated rings. The van der Waals surface area contributed by atoms with E-state index >= 15 is 0 Å². The molecule has 0 aliphatic heterocycles. The maximum Gasteiger partial charge on any atom is 0.125 e. The second-order valence-corrected chi connectivity index (χ2v) is 5.52. The molecular weight excluding hydrogens is 282 g/mol. The summed E-state index contributed by atoms with van der Waals surface area (Å²) in [6, 6.07) is 18.5. The fourth-order valence-corrected chi connectivity index (χ4v) is 2.76. The van der Waals surface area contributed by atoms with Crippen LogP contribution < -0.4 is 4.74 Å². The molecule has 0 N–H and O–H groups in total. The Morgan fingerprint density at radius 2 is 1.90 bits per heavy atom. The van der Waals surface area contributed by atoms with Gasteiger partial charge in [0.2, 0.25) is 0 Å². The second-order valence-electron chi connectivity index (χ2n) is 5.14. The van der Waals surface area contributed by atoms with E-state index in [0.717, 1.165) is 17.7 Å². The first-order valence-corrected chi connectivity index (χ1v) is 7.64. The number of hydrogen-bond donors (Lipinski definition) is 0. The number of nitrogens with zero attached hydrogens (tertiary/aromatic N) is 1. The Labute approximate surface area is 129 Å². The third-order valence-corrected chi connectivity index (χ3v) is 3.90. The molecular formula is C18H18ClNO. The van der Waals surface area contributed by atoms with Crippen molar-refractivity contribution in [3.8, 4) is 5.75 Å². The van der Waals surface area contributed by atoms with Gasteiger partial charge in [0, 0.05) is 36.4 Å². The molecule has 0 saturated heterocycles. The van der Waals surface area contributed by atoms with Crippen LogP contribution in [0.3, 0.4) is 0 Å². The lowest BCUT2D eigenvalue weighted by atomic mass is 10.1. The van der Waals surface area contributed by atoms with E-state index in [4.69, 9.17) is 16.3 Å². The van der Waals surface area contributed by atoms with Gasteiger partial charge >= 0.3 is 0 Å². The molecule has 3 aromatic rings. The molecule has 0 aliphatic carbocycles. The maximum absolute atomic E-state index is 6.16. The normalized spacial score (nSPS) is 12.5. The Hall–Kier alpha value is -1.93. The summed E-state index contributed by atoms with van der Waals surface area (Å²) in [4.78, 5) is 0. The van der Waals surface area contributed by atoms with Gasteiger partial charge < -0.3 is 9.30 Å². The van der Waals surface area contributed by atoms with Crippen molar-refractivity contribution >= 4 is 22.5 Å². The molecule has 0 bridgehead atoms. The van der Waals surface area contributed by atoms with Crippen LogP contribution in [0, 0.1) is 0 Å². The monoisotopic (exact) mass is 299 g/mol. The van der Waals surface area contributed by atoms with E-state index in [1.807, 2.05) is 31.3 Å². The highest BCUT2D eigenvalue weighted by Gasteiger charge is 2.13. The van der Waals surface area contributed by atoms with E-state index in [-0.39, 0.29) is 6.10 Å². The van der Waals surface area contributed by atoms with Crippen LogP contribution >= 0.6 is 11.6 Å². The van der Waals surface area contributed by atoms with Gasteiger partial charge in [-0.3, -0.25) is 0 Å². The highest BCUT2D eigenvalue weighted by atomic mass is 35.5. The van der Waals surface area contributed by atoms with Gasteiger partial charge in [0.1, 0.15) is 11.9 Å². The zero-order chi connectivity index (χ0) is 14.7. The molecule has 0 radical (unpaired) electrons. The van der Waals surface area contributed by atoms with Crippen molar-refractivity contribution in [2.24, 2.45) is 7.05 Å². The van der Waals surface area contributed by atoms with Gasteiger partial charge in [0.05, 0.1) is 0 Å². The van der Waals surface area contributed by atoms with E-state index in [2.05, 4.69) is 41.1 Å². The SMILES string of the molecule is Cn1ccc2cc(O[C@H](CCCl)c3ccccc3)ccc21. The minimum atomic E-state index is -0.00939. The minimum absolute atomic E-state index is 0.00939. The first-order chi connectivity index (χ1) is 10.3. The molecule has 1 heterocycles. The van der Waals surface area contributed by atoms with Crippen LogP contribution in [0.5, 0.6) is 5.75 Å². The number of ether oxygens (including phenoxy) is 1. The predicted molar refractivity (Wildman–Crippen MR) is 88.1 cm³/mol. The molecule has 2 nitrogen and oxygen atoms in total. The highest BCUT2D eigenvalue weighted by molar-refractivity contribution is 6.17. The van der Waals surface area contributed by atoms with Crippen molar-refractivity contribution in [3.05, 3.63) is 66.4 Å². The van der Waals surface area contributed by atoms with Crippen LogP contribution in [0.25, 0.3) is 10.9 Å². The molecule has 0 saturated carbocycles. The number of halogens is 1. The molecule has 1 atom stereocenters. The number of benzene rings is 2. The smallest absolute Gasteiger partial charge is 0.125 e. The first kappa shape index (κ1) is 14.0. The van der Waals surface area contributed by atoms with Gasteiger partial charge in [-0.05, 0) is 29.8 Å². The van der Waals surface area contributed by atoms with Gasteiger partial charge in [0.25, 0.3) is 0 Å². The Morgan fingerprint density at radius 1 is 1.10 bits per heavy atom. The van der Waals surface area contributed by atoms with Crippen molar-refractivity contribution < 1.29 is 4.74 Å². The van der Waals surface area contributed by atoms with Crippen molar-refractivity contribution in [2.45, 2.75) is 12.5 Å². The highest BCUT2D eigenvalue weighted by Crippen LogP contribution is 2.28. The average Bonchev–Trinajstić information content (AvgIpc) is 2.89. The van der Waals surface area contributed by atoms with E-state index in [1.54, 1.807) is 0 Å². The van der Waals surface area contributed by atoms with E-state index in [0.29, 0.717) is 5.88 Å². The fraction of sp³-hybridized carbons (Fsp3) is 0.222. The standard InChI is InChI=1S/C18H18ClNO/c1-20-12-10-15-13-16(7-8-17(15)20)21-18(9-11-19)14-5-3-2-4-6-14/h2-8,10,12-13,18H,9,11H2,1H3/t18-/m1/s1. The Kier molecular flexibility index (Phi) is 4.16. The topological polar surface area (TPSA) is 14.2 Å². The maximum atomic E-state index is 6.16. The third-order valence-electron chi connectivity index (χ3n) is 3.68. The van der Waals surface area contributed by atoms with E-state index < -0.39 is 0 Å². The van der Waals surface area contributed by atoms with Crippen LogP contribution in [0.1, 0.15) is 18.1 Å². The number of alkyl halides is 1. The predicted octanol–water partition coefficient (Wildman–Crippen LogP) is 4.93. The van der Waals surface area contributed by atoms with Gasteiger partial charge in [-0.2, -0.15) is 0 Å². The molecule has 1 aromatic heterocycles. The summed E-state index contributed by atoms with van der Waals surface area (Å²) < 4.78 is 8.27. The fourth-order valence-electron chi connectivity index (χ4n) is 2.56. The van der Waals surface area contributed by atoms with Crippen molar-refractivity contribution in [1.29, 1.82) is 0 Å². The second kappa shape index (κ2) is 6.23. The van der Waals surface area contributed by atoms with Gasteiger partial charge in [0.15, 0.2) is 0 Å². The summed E-state index contributed by atoms with van der Waals surface area (Å²) in [6.45, 7) is 0. The summed E-state index contributed by atoms with van der Waals surface area (Å²) in [6.07, 6.45) is 2.84. The van der Waals surface area contributed by atoms with Crippen LogP contribution in [-0.2, 0) is 7.05 Å². The lowest BCUT2D eigenvalue weighted by molar-refractivity contribution is 0.202. The van der Waals surface area contributed by atoms with Crippen molar-refractivity contribution in [3.63, 3.8) is 0 Å². The molecule has 0 aliphatic rings. The quantitative estimate of drug-likeness (QED) is 0.609. The number of aromatic nitrogens is 1. The van der Waals surface area contributed by atoms with Crippen LogP contribution in [0.2, 0.25) is 0 Å². The summed E-state index contributed by atoms with van der Waals surface area (Å²) >= 11 is 5.93. The largest absolute Gasteiger partial charge is 0.486 e. The zero-order valence-electron chi connectivity index (χ0n) is 12.0. The minimum Gasteiger partial charge on any atom is -0.486 e. The summed E-state index contributed by atoms with van der Waals surface area (Å²) in [5, 5.41) is 1.19. The molecule has 3 rings (SSSR count). The van der Waals surface area contributed by atoms with Gasteiger partial charge in [-0.1, -0.05) is 30.3 Å². The lowest BCUT2D eigenvalue weighted by Gasteiger charge is -2.19. The molecule has 0 unspecified atom stereocenters. The third kappa shape index (κ3) is 3.06. The van der Waals surface area contributed by atoms with E-state index in [1.165, 1.54) is 10.9 Å². The Bertz CT molecular complexity index is 720. The van der Waals surface area contributed by atoms with Crippen LogP contribution in [0.4, 0.5) is 0 Å².